The van der Waals surface area contributed by atoms with E-state index in [1.165, 1.54) is 5.56 Å². The summed E-state index contributed by atoms with van der Waals surface area (Å²) in [4.78, 5) is 32.7. The molecule has 2 aromatic rings. The van der Waals surface area contributed by atoms with Crippen LogP contribution in [0.1, 0.15) is 37.6 Å². The predicted molar refractivity (Wildman–Crippen MR) is 129 cm³/mol. The standard InChI is InChI=1S/C25H35N5O3/c1-19-8-9-22(18-26-19)28-23(31)27-17-21-7-5-6-20(16-21)10-11-29-12-14-30(15-13-29)24(32)33-25(2,3)4/h5-9,16,18H,10-15,17H2,1-4H3,(H2,27,28,31). The third kappa shape index (κ3) is 8.38. The van der Waals surface area contributed by atoms with Gasteiger partial charge in [-0.3, -0.25) is 9.88 Å². The van der Waals surface area contributed by atoms with Crippen molar-refractivity contribution in [1.29, 1.82) is 0 Å². The fourth-order valence-corrected chi connectivity index (χ4v) is 3.56. The molecular formula is C25H35N5O3. The van der Waals surface area contributed by atoms with Gasteiger partial charge in [-0.2, -0.15) is 0 Å². The number of nitrogens with one attached hydrogen (secondary N) is 2. The molecule has 178 valence electrons. The summed E-state index contributed by atoms with van der Waals surface area (Å²) in [6.45, 7) is 12.0. The third-order valence-electron chi connectivity index (χ3n) is 5.35. The molecule has 0 unspecified atom stereocenters. The number of nitrogens with zero attached hydrogens (tertiary/aromatic N) is 3. The molecule has 2 heterocycles. The molecule has 0 aliphatic carbocycles. The van der Waals surface area contributed by atoms with Gasteiger partial charge in [0.25, 0.3) is 0 Å². The van der Waals surface area contributed by atoms with Crippen LogP contribution in [0.4, 0.5) is 15.3 Å². The van der Waals surface area contributed by atoms with Crippen molar-refractivity contribution in [3.05, 3.63) is 59.4 Å². The van der Waals surface area contributed by atoms with Crippen molar-refractivity contribution in [3.63, 3.8) is 0 Å². The molecule has 1 aliphatic rings. The number of amides is 3. The maximum absolute atomic E-state index is 12.2. The van der Waals surface area contributed by atoms with Gasteiger partial charge in [0.05, 0.1) is 11.9 Å². The van der Waals surface area contributed by atoms with E-state index in [0.29, 0.717) is 25.3 Å². The van der Waals surface area contributed by atoms with Crippen molar-refractivity contribution in [2.24, 2.45) is 0 Å². The lowest BCUT2D eigenvalue weighted by atomic mass is 10.1. The Morgan fingerprint density at radius 1 is 1.06 bits per heavy atom. The second-order valence-electron chi connectivity index (χ2n) is 9.37. The molecule has 33 heavy (non-hydrogen) atoms. The molecule has 1 fully saturated rings. The average Bonchev–Trinajstić information content (AvgIpc) is 2.77. The molecule has 1 saturated heterocycles. The maximum atomic E-state index is 12.2. The van der Waals surface area contributed by atoms with Crippen LogP contribution in [0.15, 0.2) is 42.6 Å². The van der Waals surface area contributed by atoms with E-state index in [1.54, 1.807) is 11.1 Å². The molecule has 1 aromatic heterocycles. The highest BCUT2D eigenvalue weighted by molar-refractivity contribution is 5.88. The van der Waals surface area contributed by atoms with Gasteiger partial charge in [0, 0.05) is 45.0 Å². The molecule has 0 bridgehead atoms. The summed E-state index contributed by atoms with van der Waals surface area (Å²) in [5, 5.41) is 5.68. The zero-order valence-corrected chi connectivity index (χ0v) is 20.1. The zero-order chi connectivity index (χ0) is 23.8. The number of aromatic nitrogens is 1. The summed E-state index contributed by atoms with van der Waals surface area (Å²) in [7, 11) is 0. The van der Waals surface area contributed by atoms with Crippen molar-refractivity contribution < 1.29 is 14.3 Å². The van der Waals surface area contributed by atoms with Crippen LogP contribution >= 0.6 is 0 Å². The Hall–Kier alpha value is -3.13. The molecule has 8 nitrogen and oxygen atoms in total. The lowest BCUT2D eigenvalue weighted by molar-refractivity contribution is 0.0146. The second kappa shape index (κ2) is 11.1. The number of urea groups is 1. The fraction of sp³-hybridized carbons (Fsp3) is 0.480. The van der Waals surface area contributed by atoms with E-state index in [1.807, 2.05) is 52.0 Å². The predicted octanol–water partition coefficient (Wildman–Crippen LogP) is 3.81. The average molecular weight is 454 g/mol. The number of rotatable bonds is 6. The zero-order valence-electron chi connectivity index (χ0n) is 20.1. The van der Waals surface area contributed by atoms with E-state index < -0.39 is 5.60 Å². The van der Waals surface area contributed by atoms with Gasteiger partial charge in [0.2, 0.25) is 0 Å². The van der Waals surface area contributed by atoms with Crippen LogP contribution in [0.2, 0.25) is 0 Å². The number of carbonyl (C=O) groups excluding carboxylic acids is 2. The Balaban J connectivity index is 1.40. The van der Waals surface area contributed by atoms with Crippen molar-refractivity contribution in [2.75, 3.05) is 38.0 Å². The second-order valence-corrected chi connectivity index (χ2v) is 9.37. The molecule has 2 N–H and O–H groups in total. The van der Waals surface area contributed by atoms with Crippen LogP contribution in [0.3, 0.4) is 0 Å². The normalized spacial score (nSPS) is 14.6. The molecule has 0 atom stereocenters. The van der Waals surface area contributed by atoms with Crippen molar-refractivity contribution in [2.45, 2.75) is 46.3 Å². The van der Waals surface area contributed by atoms with Gasteiger partial charge < -0.3 is 20.3 Å². The fourth-order valence-electron chi connectivity index (χ4n) is 3.56. The molecule has 1 aliphatic heterocycles. The smallest absolute Gasteiger partial charge is 0.410 e. The Bertz CT molecular complexity index is 932. The number of piperazine rings is 1. The van der Waals surface area contributed by atoms with Gasteiger partial charge in [-0.15, -0.1) is 0 Å². The van der Waals surface area contributed by atoms with Crippen LogP contribution in [0, 0.1) is 6.92 Å². The molecule has 3 amide bonds. The summed E-state index contributed by atoms with van der Waals surface area (Å²) in [6.07, 6.45) is 2.33. The van der Waals surface area contributed by atoms with Gasteiger partial charge in [0.15, 0.2) is 0 Å². The number of hydrogen-bond acceptors (Lipinski definition) is 5. The molecule has 1 aromatic carbocycles. The minimum absolute atomic E-state index is 0.231. The first-order valence-corrected chi connectivity index (χ1v) is 11.4. The third-order valence-corrected chi connectivity index (χ3v) is 5.35. The summed E-state index contributed by atoms with van der Waals surface area (Å²) < 4.78 is 5.46. The molecule has 3 rings (SSSR count). The van der Waals surface area contributed by atoms with E-state index in [9.17, 15) is 9.59 Å². The van der Waals surface area contributed by atoms with Crippen molar-refractivity contribution >= 4 is 17.8 Å². The van der Waals surface area contributed by atoms with E-state index in [2.05, 4.69) is 32.7 Å². The van der Waals surface area contributed by atoms with Gasteiger partial charge in [-0.25, -0.2) is 9.59 Å². The van der Waals surface area contributed by atoms with Crippen LogP contribution in [-0.2, 0) is 17.7 Å². The Labute approximate surface area is 196 Å². The lowest BCUT2D eigenvalue weighted by Gasteiger charge is -2.35. The highest BCUT2D eigenvalue weighted by Crippen LogP contribution is 2.13. The van der Waals surface area contributed by atoms with Gasteiger partial charge >= 0.3 is 12.1 Å². The SMILES string of the molecule is Cc1ccc(NC(=O)NCc2cccc(CCN3CCN(C(=O)OC(C)(C)C)CC3)c2)cn1. The molecule has 0 saturated carbocycles. The number of ether oxygens (including phenoxy) is 1. The highest BCUT2D eigenvalue weighted by atomic mass is 16.6. The largest absolute Gasteiger partial charge is 0.444 e. The molecular weight excluding hydrogens is 418 g/mol. The molecule has 0 radical (unpaired) electrons. The van der Waals surface area contributed by atoms with Crippen LogP contribution < -0.4 is 10.6 Å². The lowest BCUT2D eigenvalue weighted by Crippen LogP contribution is -2.50. The van der Waals surface area contributed by atoms with Gasteiger partial charge in [0.1, 0.15) is 5.60 Å². The van der Waals surface area contributed by atoms with Crippen LogP contribution in [-0.4, -0.2) is 65.2 Å². The molecule has 0 spiro atoms. The van der Waals surface area contributed by atoms with Crippen molar-refractivity contribution in [1.82, 2.24) is 20.1 Å². The Morgan fingerprint density at radius 2 is 1.79 bits per heavy atom. The minimum Gasteiger partial charge on any atom is -0.444 e. The quantitative estimate of drug-likeness (QED) is 0.695. The monoisotopic (exact) mass is 453 g/mol. The van der Waals surface area contributed by atoms with E-state index in [4.69, 9.17) is 4.74 Å². The van der Waals surface area contributed by atoms with Gasteiger partial charge in [-0.1, -0.05) is 24.3 Å². The summed E-state index contributed by atoms with van der Waals surface area (Å²) in [5.41, 5.74) is 3.39. The van der Waals surface area contributed by atoms with E-state index in [0.717, 1.165) is 37.3 Å². The van der Waals surface area contributed by atoms with E-state index >= 15 is 0 Å². The number of pyridine rings is 1. The topological polar surface area (TPSA) is 86.8 Å². The maximum Gasteiger partial charge on any atom is 0.410 e. The Morgan fingerprint density at radius 3 is 2.45 bits per heavy atom. The summed E-state index contributed by atoms with van der Waals surface area (Å²) >= 11 is 0. The van der Waals surface area contributed by atoms with Gasteiger partial charge in [-0.05, 0) is 57.4 Å². The first kappa shape index (κ1) is 24.5. The summed E-state index contributed by atoms with van der Waals surface area (Å²) in [5.74, 6) is 0. The first-order valence-electron chi connectivity index (χ1n) is 11.4. The van der Waals surface area contributed by atoms with Crippen LogP contribution in [0.5, 0.6) is 0 Å². The molecule has 8 heteroatoms. The van der Waals surface area contributed by atoms with E-state index in [-0.39, 0.29) is 12.1 Å². The highest BCUT2D eigenvalue weighted by Gasteiger charge is 2.25. The number of hydrogen-bond donors (Lipinski definition) is 2. The van der Waals surface area contributed by atoms with Crippen molar-refractivity contribution in [3.8, 4) is 0 Å². The number of carbonyl (C=O) groups is 2. The number of anilines is 1. The number of benzene rings is 1. The number of aryl methyl sites for hydroxylation is 1. The summed E-state index contributed by atoms with van der Waals surface area (Å²) in [6, 6.07) is 11.7. The minimum atomic E-state index is -0.466. The van der Waals surface area contributed by atoms with Crippen LogP contribution in [0.25, 0.3) is 0 Å². The first-order chi connectivity index (χ1) is 15.7. The Kier molecular flexibility index (Phi) is 8.27.